The van der Waals surface area contributed by atoms with E-state index in [1.165, 1.54) is 0 Å². The van der Waals surface area contributed by atoms with Gasteiger partial charge < -0.3 is 9.88 Å². The van der Waals surface area contributed by atoms with Gasteiger partial charge in [-0.2, -0.15) is 0 Å². The quantitative estimate of drug-likeness (QED) is 0.865. The lowest BCUT2D eigenvalue weighted by Crippen LogP contribution is -2.09. The molecular formula is C14H17BrClN3. The number of rotatable bonds is 4. The van der Waals surface area contributed by atoms with Gasteiger partial charge in [0, 0.05) is 21.7 Å². The summed E-state index contributed by atoms with van der Waals surface area (Å²) >= 11 is 9.70. The summed E-state index contributed by atoms with van der Waals surface area (Å²) in [5.41, 5.74) is 3.21. The number of imidazole rings is 1. The molecule has 3 nitrogen and oxygen atoms in total. The third-order valence-electron chi connectivity index (χ3n) is 3.01. The van der Waals surface area contributed by atoms with E-state index < -0.39 is 0 Å². The Balaban J connectivity index is 2.15. The van der Waals surface area contributed by atoms with Crippen LogP contribution in [-0.4, -0.2) is 9.55 Å². The fourth-order valence-corrected chi connectivity index (χ4v) is 2.66. The van der Waals surface area contributed by atoms with Gasteiger partial charge in [-0.05, 0) is 54.4 Å². The SMILES string of the molecule is Cc1cc(Br)c(NCc2cncn2C(C)C)cc1Cl. The number of nitrogens with zero attached hydrogens (tertiary/aromatic N) is 2. The lowest BCUT2D eigenvalue weighted by Gasteiger charge is -2.14. The maximum Gasteiger partial charge on any atom is 0.0951 e. The number of aromatic nitrogens is 2. The van der Waals surface area contributed by atoms with Crippen LogP contribution in [0, 0.1) is 6.92 Å². The van der Waals surface area contributed by atoms with Crippen LogP contribution in [0.3, 0.4) is 0 Å². The molecule has 0 bridgehead atoms. The Bertz CT molecular complexity index is 578. The third-order valence-corrected chi connectivity index (χ3v) is 4.07. The summed E-state index contributed by atoms with van der Waals surface area (Å²) in [6.07, 6.45) is 3.75. The highest BCUT2D eigenvalue weighted by atomic mass is 79.9. The molecule has 19 heavy (non-hydrogen) atoms. The lowest BCUT2D eigenvalue weighted by molar-refractivity contribution is 0.577. The zero-order valence-corrected chi connectivity index (χ0v) is 13.6. The van der Waals surface area contributed by atoms with Crippen LogP contribution in [0.4, 0.5) is 5.69 Å². The third kappa shape index (κ3) is 3.31. The second-order valence-electron chi connectivity index (χ2n) is 4.82. The van der Waals surface area contributed by atoms with Gasteiger partial charge in [-0.3, -0.25) is 0 Å². The molecule has 1 aromatic carbocycles. The zero-order chi connectivity index (χ0) is 14.0. The standard InChI is InChI=1S/C14H17BrClN3/c1-9(2)19-8-17-6-11(19)7-18-14-5-13(16)10(3)4-12(14)15/h4-6,8-9,18H,7H2,1-3H3. The largest absolute Gasteiger partial charge is 0.378 e. The van der Waals surface area contributed by atoms with Crippen LogP contribution in [0.5, 0.6) is 0 Å². The molecule has 0 aliphatic heterocycles. The highest BCUT2D eigenvalue weighted by Gasteiger charge is 2.07. The van der Waals surface area contributed by atoms with Crippen molar-refractivity contribution in [3.8, 4) is 0 Å². The number of aryl methyl sites for hydroxylation is 1. The minimum Gasteiger partial charge on any atom is -0.378 e. The molecule has 1 N–H and O–H groups in total. The Hall–Kier alpha value is -1.00. The second-order valence-corrected chi connectivity index (χ2v) is 6.08. The Kier molecular flexibility index (Phi) is 4.53. The van der Waals surface area contributed by atoms with Gasteiger partial charge in [0.05, 0.1) is 24.3 Å². The van der Waals surface area contributed by atoms with Crippen molar-refractivity contribution in [1.82, 2.24) is 9.55 Å². The van der Waals surface area contributed by atoms with Gasteiger partial charge in [0.1, 0.15) is 0 Å². The summed E-state index contributed by atoms with van der Waals surface area (Å²) in [6, 6.07) is 4.37. The van der Waals surface area contributed by atoms with Crippen LogP contribution in [0.25, 0.3) is 0 Å². The van der Waals surface area contributed by atoms with E-state index in [0.717, 1.165) is 33.0 Å². The maximum absolute atomic E-state index is 6.15. The van der Waals surface area contributed by atoms with Gasteiger partial charge in [-0.1, -0.05) is 11.6 Å². The summed E-state index contributed by atoms with van der Waals surface area (Å²) in [6.45, 7) is 6.99. The Morgan fingerprint density at radius 3 is 2.84 bits per heavy atom. The van der Waals surface area contributed by atoms with E-state index in [2.05, 4.69) is 44.6 Å². The summed E-state index contributed by atoms with van der Waals surface area (Å²) in [5.74, 6) is 0. The molecule has 0 aliphatic carbocycles. The molecule has 1 heterocycles. The topological polar surface area (TPSA) is 29.9 Å². The van der Waals surface area contributed by atoms with E-state index in [1.54, 1.807) is 0 Å². The normalized spacial score (nSPS) is 11.1. The van der Waals surface area contributed by atoms with Gasteiger partial charge in [0.2, 0.25) is 0 Å². The van der Waals surface area contributed by atoms with Crippen molar-refractivity contribution in [2.45, 2.75) is 33.4 Å². The molecule has 102 valence electrons. The average Bonchev–Trinajstić information content (AvgIpc) is 2.80. The zero-order valence-electron chi connectivity index (χ0n) is 11.2. The number of hydrogen-bond acceptors (Lipinski definition) is 2. The van der Waals surface area contributed by atoms with Gasteiger partial charge in [-0.25, -0.2) is 4.98 Å². The fraction of sp³-hybridized carbons (Fsp3) is 0.357. The molecule has 0 aliphatic rings. The van der Waals surface area contributed by atoms with Gasteiger partial charge >= 0.3 is 0 Å². The Morgan fingerprint density at radius 2 is 2.16 bits per heavy atom. The number of anilines is 1. The molecule has 0 radical (unpaired) electrons. The van der Waals surface area contributed by atoms with E-state index in [4.69, 9.17) is 11.6 Å². The minimum absolute atomic E-state index is 0.407. The van der Waals surface area contributed by atoms with Crippen LogP contribution in [0.1, 0.15) is 31.1 Å². The summed E-state index contributed by atoms with van der Waals surface area (Å²) in [4.78, 5) is 4.19. The van der Waals surface area contributed by atoms with Gasteiger partial charge in [-0.15, -0.1) is 0 Å². The molecular weight excluding hydrogens is 326 g/mol. The Morgan fingerprint density at radius 1 is 1.42 bits per heavy atom. The van der Waals surface area contributed by atoms with E-state index in [1.807, 2.05) is 31.6 Å². The average molecular weight is 343 g/mol. The second kappa shape index (κ2) is 5.97. The molecule has 5 heteroatoms. The first-order valence-electron chi connectivity index (χ1n) is 6.19. The smallest absolute Gasteiger partial charge is 0.0951 e. The summed E-state index contributed by atoms with van der Waals surface area (Å²) in [5, 5.41) is 4.15. The predicted molar refractivity (Wildman–Crippen MR) is 83.8 cm³/mol. The summed E-state index contributed by atoms with van der Waals surface area (Å²) in [7, 11) is 0. The maximum atomic E-state index is 6.15. The van der Waals surface area contributed by atoms with E-state index in [9.17, 15) is 0 Å². The van der Waals surface area contributed by atoms with Crippen molar-refractivity contribution >= 4 is 33.2 Å². The van der Waals surface area contributed by atoms with E-state index in [-0.39, 0.29) is 0 Å². The predicted octanol–water partition coefficient (Wildman–Crippen LogP) is 4.80. The highest BCUT2D eigenvalue weighted by Crippen LogP contribution is 2.29. The highest BCUT2D eigenvalue weighted by molar-refractivity contribution is 9.10. The van der Waals surface area contributed by atoms with Crippen LogP contribution >= 0.6 is 27.5 Å². The molecule has 2 rings (SSSR count). The van der Waals surface area contributed by atoms with Crippen molar-refractivity contribution in [3.05, 3.63) is 45.4 Å². The Labute approximate surface area is 127 Å². The van der Waals surface area contributed by atoms with Gasteiger partial charge in [0.15, 0.2) is 0 Å². The molecule has 2 aromatic rings. The first-order valence-corrected chi connectivity index (χ1v) is 7.36. The monoisotopic (exact) mass is 341 g/mol. The van der Waals surface area contributed by atoms with Crippen molar-refractivity contribution < 1.29 is 0 Å². The first-order chi connectivity index (χ1) is 8.99. The molecule has 0 fully saturated rings. The van der Waals surface area contributed by atoms with E-state index in [0.29, 0.717) is 6.04 Å². The van der Waals surface area contributed by atoms with Crippen molar-refractivity contribution in [2.75, 3.05) is 5.32 Å². The molecule has 0 atom stereocenters. The number of benzene rings is 1. The number of nitrogens with one attached hydrogen (secondary N) is 1. The van der Waals surface area contributed by atoms with Crippen molar-refractivity contribution in [2.24, 2.45) is 0 Å². The van der Waals surface area contributed by atoms with Gasteiger partial charge in [0.25, 0.3) is 0 Å². The molecule has 0 saturated carbocycles. The first kappa shape index (κ1) is 14.4. The van der Waals surface area contributed by atoms with Crippen LogP contribution in [0.2, 0.25) is 5.02 Å². The molecule has 0 unspecified atom stereocenters. The minimum atomic E-state index is 0.407. The number of halogens is 2. The molecule has 0 saturated heterocycles. The fourth-order valence-electron chi connectivity index (χ4n) is 1.90. The van der Waals surface area contributed by atoms with Crippen LogP contribution in [-0.2, 0) is 6.54 Å². The molecule has 0 amide bonds. The van der Waals surface area contributed by atoms with Crippen molar-refractivity contribution in [1.29, 1.82) is 0 Å². The molecule has 1 aromatic heterocycles. The van der Waals surface area contributed by atoms with E-state index >= 15 is 0 Å². The van der Waals surface area contributed by atoms with Crippen LogP contribution < -0.4 is 5.32 Å². The lowest BCUT2D eigenvalue weighted by atomic mass is 10.2. The van der Waals surface area contributed by atoms with Crippen molar-refractivity contribution in [3.63, 3.8) is 0 Å². The number of hydrogen-bond donors (Lipinski definition) is 1. The van der Waals surface area contributed by atoms with Crippen LogP contribution in [0.15, 0.2) is 29.1 Å². The summed E-state index contributed by atoms with van der Waals surface area (Å²) < 4.78 is 3.17. The molecule has 0 spiro atoms.